The molecule has 17 heavy (non-hydrogen) atoms. The summed E-state index contributed by atoms with van der Waals surface area (Å²) in [6.07, 6.45) is 0.0807. The first-order chi connectivity index (χ1) is 7.93. The standard InChI is InChI=1S/C14H23NO2/c1-14(2,3)11-5-4-6-13(9-11)17-10-12(16)7-8-15/h4-6,9,12,16H,7-8,10,15H2,1-3H3. The van der Waals surface area contributed by atoms with Gasteiger partial charge in [0.15, 0.2) is 0 Å². The fraction of sp³-hybridized carbons (Fsp3) is 0.571. The van der Waals surface area contributed by atoms with Crippen LogP contribution in [-0.2, 0) is 5.41 Å². The first-order valence-corrected chi connectivity index (χ1v) is 6.05. The van der Waals surface area contributed by atoms with Gasteiger partial charge in [-0.3, -0.25) is 0 Å². The molecule has 0 radical (unpaired) electrons. The molecule has 1 aromatic rings. The Hall–Kier alpha value is -1.06. The van der Waals surface area contributed by atoms with Gasteiger partial charge in [0.1, 0.15) is 12.4 Å². The van der Waals surface area contributed by atoms with Gasteiger partial charge in [-0.15, -0.1) is 0 Å². The Morgan fingerprint density at radius 2 is 2.06 bits per heavy atom. The highest BCUT2D eigenvalue weighted by atomic mass is 16.5. The van der Waals surface area contributed by atoms with Crippen molar-refractivity contribution in [2.45, 2.75) is 38.7 Å². The molecule has 0 aliphatic rings. The van der Waals surface area contributed by atoms with Gasteiger partial charge in [-0.25, -0.2) is 0 Å². The number of aliphatic hydroxyl groups is 1. The molecule has 3 heteroatoms. The van der Waals surface area contributed by atoms with Crippen molar-refractivity contribution in [1.82, 2.24) is 0 Å². The van der Waals surface area contributed by atoms with Crippen molar-refractivity contribution < 1.29 is 9.84 Å². The van der Waals surface area contributed by atoms with Crippen LogP contribution in [-0.4, -0.2) is 24.4 Å². The summed E-state index contributed by atoms with van der Waals surface area (Å²) in [6.45, 7) is 7.26. The predicted molar refractivity (Wildman–Crippen MR) is 70.3 cm³/mol. The first kappa shape index (κ1) is 14.0. The van der Waals surface area contributed by atoms with Crippen LogP contribution in [0.3, 0.4) is 0 Å². The number of ether oxygens (including phenoxy) is 1. The minimum Gasteiger partial charge on any atom is -0.491 e. The largest absolute Gasteiger partial charge is 0.491 e. The average Bonchev–Trinajstić information content (AvgIpc) is 2.26. The van der Waals surface area contributed by atoms with E-state index in [0.717, 1.165) is 5.75 Å². The molecular formula is C14H23NO2. The van der Waals surface area contributed by atoms with E-state index in [4.69, 9.17) is 10.5 Å². The number of hydrogen-bond acceptors (Lipinski definition) is 3. The fourth-order valence-corrected chi connectivity index (χ4v) is 1.52. The van der Waals surface area contributed by atoms with Crippen LogP contribution in [0.1, 0.15) is 32.8 Å². The second-order valence-electron chi connectivity index (χ2n) is 5.32. The van der Waals surface area contributed by atoms with Crippen molar-refractivity contribution in [3.63, 3.8) is 0 Å². The van der Waals surface area contributed by atoms with Crippen molar-refractivity contribution in [1.29, 1.82) is 0 Å². The normalized spacial score (nSPS) is 13.5. The van der Waals surface area contributed by atoms with Gasteiger partial charge in [0.2, 0.25) is 0 Å². The molecule has 1 rings (SSSR count). The van der Waals surface area contributed by atoms with Crippen LogP contribution in [0.15, 0.2) is 24.3 Å². The molecular weight excluding hydrogens is 214 g/mol. The van der Waals surface area contributed by atoms with Crippen molar-refractivity contribution >= 4 is 0 Å². The molecule has 3 nitrogen and oxygen atoms in total. The van der Waals surface area contributed by atoms with Gasteiger partial charge >= 0.3 is 0 Å². The molecule has 0 aliphatic carbocycles. The van der Waals surface area contributed by atoms with Crippen molar-refractivity contribution in [2.75, 3.05) is 13.2 Å². The van der Waals surface area contributed by atoms with Crippen LogP contribution >= 0.6 is 0 Å². The van der Waals surface area contributed by atoms with Crippen LogP contribution in [0, 0.1) is 0 Å². The Morgan fingerprint density at radius 1 is 1.35 bits per heavy atom. The third-order valence-electron chi connectivity index (χ3n) is 2.64. The summed E-state index contributed by atoms with van der Waals surface area (Å²) in [7, 11) is 0. The number of rotatable bonds is 5. The average molecular weight is 237 g/mol. The van der Waals surface area contributed by atoms with E-state index in [9.17, 15) is 5.11 Å². The van der Waals surface area contributed by atoms with Gasteiger partial charge in [0, 0.05) is 0 Å². The molecule has 0 saturated heterocycles. The van der Waals surface area contributed by atoms with Crippen LogP contribution in [0.25, 0.3) is 0 Å². The van der Waals surface area contributed by atoms with E-state index < -0.39 is 6.10 Å². The zero-order chi connectivity index (χ0) is 12.9. The Morgan fingerprint density at radius 3 is 2.65 bits per heavy atom. The maximum Gasteiger partial charge on any atom is 0.119 e. The topological polar surface area (TPSA) is 55.5 Å². The summed E-state index contributed by atoms with van der Waals surface area (Å²) in [5, 5.41) is 9.53. The second-order valence-corrected chi connectivity index (χ2v) is 5.32. The lowest BCUT2D eigenvalue weighted by atomic mass is 9.87. The Balaban J connectivity index is 2.60. The Bertz CT molecular complexity index is 344. The molecule has 0 fully saturated rings. The van der Waals surface area contributed by atoms with Gasteiger partial charge in [0.25, 0.3) is 0 Å². The molecule has 96 valence electrons. The molecule has 0 heterocycles. The van der Waals surface area contributed by atoms with Gasteiger partial charge < -0.3 is 15.6 Å². The molecule has 0 bridgehead atoms. The quantitative estimate of drug-likeness (QED) is 0.824. The number of hydrogen-bond donors (Lipinski definition) is 2. The van der Waals surface area contributed by atoms with E-state index >= 15 is 0 Å². The Kier molecular flexibility index (Phi) is 4.97. The lowest BCUT2D eigenvalue weighted by Gasteiger charge is -2.20. The minimum atomic E-state index is -0.488. The molecule has 1 aromatic carbocycles. The third-order valence-corrected chi connectivity index (χ3v) is 2.64. The van der Waals surface area contributed by atoms with E-state index in [2.05, 4.69) is 26.8 Å². The summed E-state index contributed by atoms with van der Waals surface area (Å²) in [5.74, 6) is 0.800. The minimum absolute atomic E-state index is 0.106. The summed E-state index contributed by atoms with van der Waals surface area (Å²) in [4.78, 5) is 0. The number of benzene rings is 1. The maximum absolute atomic E-state index is 9.53. The SMILES string of the molecule is CC(C)(C)c1cccc(OCC(O)CCN)c1. The highest BCUT2D eigenvalue weighted by molar-refractivity contribution is 5.32. The van der Waals surface area contributed by atoms with Crippen molar-refractivity contribution in [3.8, 4) is 5.75 Å². The molecule has 3 N–H and O–H groups in total. The summed E-state index contributed by atoms with van der Waals surface area (Å²) in [6, 6.07) is 7.99. The van der Waals surface area contributed by atoms with Crippen LogP contribution in [0.2, 0.25) is 0 Å². The summed E-state index contributed by atoms with van der Waals surface area (Å²) >= 11 is 0. The van der Waals surface area contributed by atoms with Gasteiger partial charge in [-0.1, -0.05) is 32.9 Å². The molecule has 1 unspecified atom stereocenters. The van der Waals surface area contributed by atoms with Gasteiger partial charge in [-0.2, -0.15) is 0 Å². The zero-order valence-electron chi connectivity index (χ0n) is 10.9. The first-order valence-electron chi connectivity index (χ1n) is 6.05. The van der Waals surface area contributed by atoms with Gasteiger partial charge in [-0.05, 0) is 36.1 Å². The molecule has 0 spiro atoms. The highest BCUT2D eigenvalue weighted by Crippen LogP contribution is 2.25. The molecule has 0 saturated carbocycles. The lowest BCUT2D eigenvalue weighted by Crippen LogP contribution is -2.21. The molecule has 0 aromatic heterocycles. The smallest absolute Gasteiger partial charge is 0.119 e. The van der Waals surface area contributed by atoms with E-state index in [1.807, 2.05) is 18.2 Å². The van der Waals surface area contributed by atoms with Crippen LogP contribution in [0.4, 0.5) is 0 Å². The number of nitrogens with two attached hydrogens (primary N) is 1. The number of aliphatic hydroxyl groups excluding tert-OH is 1. The van der Waals surface area contributed by atoms with E-state index in [1.165, 1.54) is 5.56 Å². The summed E-state index contributed by atoms with van der Waals surface area (Å²) in [5.41, 5.74) is 6.70. The third kappa shape index (κ3) is 4.75. The molecule has 1 atom stereocenters. The second kappa shape index (κ2) is 6.03. The van der Waals surface area contributed by atoms with Crippen LogP contribution < -0.4 is 10.5 Å². The van der Waals surface area contributed by atoms with Gasteiger partial charge in [0.05, 0.1) is 6.10 Å². The predicted octanol–water partition coefficient (Wildman–Crippen LogP) is 2.07. The fourth-order valence-electron chi connectivity index (χ4n) is 1.52. The van der Waals surface area contributed by atoms with Crippen molar-refractivity contribution in [3.05, 3.63) is 29.8 Å². The maximum atomic E-state index is 9.53. The highest BCUT2D eigenvalue weighted by Gasteiger charge is 2.14. The van der Waals surface area contributed by atoms with Crippen LogP contribution in [0.5, 0.6) is 5.75 Å². The summed E-state index contributed by atoms with van der Waals surface area (Å²) < 4.78 is 5.55. The molecule has 0 aliphatic heterocycles. The molecule has 0 amide bonds. The van der Waals surface area contributed by atoms with E-state index in [-0.39, 0.29) is 5.41 Å². The van der Waals surface area contributed by atoms with E-state index in [1.54, 1.807) is 0 Å². The zero-order valence-corrected chi connectivity index (χ0v) is 10.9. The van der Waals surface area contributed by atoms with E-state index in [0.29, 0.717) is 19.6 Å². The monoisotopic (exact) mass is 237 g/mol. The lowest BCUT2D eigenvalue weighted by molar-refractivity contribution is 0.102. The van der Waals surface area contributed by atoms with Crippen molar-refractivity contribution in [2.24, 2.45) is 5.73 Å². The Labute approximate surface area is 104 Å².